The minimum Gasteiger partial charge on any atom is -0.495 e. The lowest BCUT2D eigenvalue weighted by atomic mass is 9.95. The third-order valence-electron chi connectivity index (χ3n) is 4.80. The number of rotatable bonds is 9. The van der Waals surface area contributed by atoms with Gasteiger partial charge in [-0.05, 0) is 49.7 Å². The minimum atomic E-state index is -0.333. The van der Waals surface area contributed by atoms with Gasteiger partial charge >= 0.3 is 0 Å². The maximum absolute atomic E-state index is 9.76. The number of benzene rings is 2. The molecular weight excluding hydrogens is 414 g/mol. The van der Waals surface area contributed by atoms with Crippen LogP contribution < -0.4 is 9.47 Å². The highest BCUT2D eigenvalue weighted by molar-refractivity contribution is 6.32. The fraction of sp³-hybridized carbons (Fsp3) is 0.417. The van der Waals surface area contributed by atoms with E-state index in [-0.39, 0.29) is 18.1 Å². The molecule has 0 spiro atoms. The van der Waals surface area contributed by atoms with E-state index >= 15 is 0 Å². The molecule has 0 atom stereocenters. The molecule has 0 aliphatic carbocycles. The quantitative estimate of drug-likeness (QED) is 0.503. The highest BCUT2D eigenvalue weighted by atomic mass is 35.5. The Hall–Kier alpha value is -2.57. The Morgan fingerprint density at radius 3 is 2.58 bits per heavy atom. The summed E-state index contributed by atoms with van der Waals surface area (Å²) in [6, 6.07) is 13.5. The summed E-state index contributed by atoms with van der Waals surface area (Å²) in [4.78, 5) is 4.81. The molecule has 0 bridgehead atoms. The van der Waals surface area contributed by atoms with Gasteiger partial charge in [-0.2, -0.15) is 5.10 Å². The molecule has 1 aromatic heterocycles. The zero-order valence-corrected chi connectivity index (χ0v) is 19.5. The molecule has 31 heavy (non-hydrogen) atoms. The van der Waals surface area contributed by atoms with Crippen LogP contribution in [0.5, 0.6) is 11.5 Å². The zero-order valence-electron chi connectivity index (χ0n) is 18.7. The van der Waals surface area contributed by atoms with E-state index in [1.165, 1.54) is 0 Å². The van der Waals surface area contributed by atoms with Crippen molar-refractivity contribution >= 4 is 11.6 Å². The maximum atomic E-state index is 9.76. The van der Waals surface area contributed by atoms with Gasteiger partial charge in [-0.15, -0.1) is 0 Å². The summed E-state index contributed by atoms with van der Waals surface area (Å²) >= 11 is 6.31. The molecule has 3 aromatic rings. The van der Waals surface area contributed by atoms with Crippen molar-refractivity contribution in [2.24, 2.45) is 5.41 Å². The Balaban J connectivity index is 1.97. The monoisotopic (exact) mass is 443 g/mol. The molecule has 1 N–H and O–H groups in total. The van der Waals surface area contributed by atoms with Crippen molar-refractivity contribution in [3.05, 3.63) is 58.9 Å². The van der Waals surface area contributed by atoms with E-state index in [0.717, 1.165) is 22.7 Å². The van der Waals surface area contributed by atoms with Gasteiger partial charge in [0.2, 0.25) is 0 Å². The predicted molar refractivity (Wildman–Crippen MR) is 123 cm³/mol. The zero-order chi connectivity index (χ0) is 22.6. The molecule has 0 fully saturated rings. The number of aromatic nitrogens is 3. The van der Waals surface area contributed by atoms with Gasteiger partial charge in [0.1, 0.15) is 17.3 Å². The standard InChI is InChI=1S/C24H30ClN3O3/c1-16(2)31-19-8-6-7-17(11-19)12-22-26-23(27-28(22)14-24(3,4)15-29)18-9-10-21(30-5)20(25)13-18/h6-11,13,16,29H,12,14-15H2,1-5H3. The van der Waals surface area contributed by atoms with E-state index in [9.17, 15) is 5.11 Å². The van der Waals surface area contributed by atoms with Crippen LogP contribution >= 0.6 is 11.6 Å². The number of methoxy groups -OCH3 is 1. The van der Waals surface area contributed by atoms with Crippen molar-refractivity contribution in [3.63, 3.8) is 0 Å². The number of hydrogen-bond acceptors (Lipinski definition) is 5. The van der Waals surface area contributed by atoms with Crippen LogP contribution in [0, 0.1) is 5.41 Å². The highest BCUT2D eigenvalue weighted by Crippen LogP contribution is 2.30. The maximum Gasteiger partial charge on any atom is 0.181 e. The van der Waals surface area contributed by atoms with Gasteiger partial charge in [0.05, 0.1) is 24.8 Å². The molecular formula is C24H30ClN3O3. The van der Waals surface area contributed by atoms with Crippen molar-refractivity contribution in [3.8, 4) is 22.9 Å². The van der Waals surface area contributed by atoms with Crippen LogP contribution in [-0.4, -0.2) is 39.7 Å². The van der Waals surface area contributed by atoms with Gasteiger partial charge < -0.3 is 14.6 Å². The topological polar surface area (TPSA) is 69.4 Å². The van der Waals surface area contributed by atoms with Crippen LogP contribution in [0.15, 0.2) is 42.5 Å². The molecule has 7 heteroatoms. The summed E-state index contributed by atoms with van der Waals surface area (Å²) in [6.45, 7) is 8.60. The minimum absolute atomic E-state index is 0.0493. The third-order valence-corrected chi connectivity index (χ3v) is 5.09. The predicted octanol–water partition coefficient (Wildman–Crippen LogP) is 5.00. The van der Waals surface area contributed by atoms with Crippen molar-refractivity contribution in [1.82, 2.24) is 14.8 Å². The van der Waals surface area contributed by atoms with Crippen molar-refractivity contribution in [2.75, 3.05) is 13.7 Å². The van der Waals surface area contributed by atoms with Crippen LogP contribution in [0.3, 0.4) is 0 Å². The molecule has 3 rings (SSSR count). The van der Waals surface area contributed by atoms with Gasteiger partial charge in [-0.25, -0.2) is 9.67 Å². The Kier molecular flexibility index (Phi) is 7.23. The third kappa shape index (κ3) is 5.99. The van der Waals surface area contributed by atoms with Crippen molar-refractivity contribution < 1.29 is 14.6 Å². The first kappa shape index (κ1) is 23.1. The van der Waals surface area contributed by atoms with Crippen LogP contribution in [0.2, 0.25) is 5.02 Å². The Morgan fingerprint density at radius 2 is 1.94 bits per heavy atom. The highest BCUT2D eigenvalue weighted by Gasteiger charge is 2.22. The number of aliphatic hydroxyl groups is 1. The number of ether oxygens (including phenoxy) is 2. The molecule has 1 heterocycles. The van der Waals surface area contributed by atoms with Crippen LogP contribution in [0.25, 0.3) is 11.4 Å². The van der Waals surface area contributed by atoms with Crippen LogP contribution in [0.1, 0.15) is 39.1 Å². The second-order valence-corrected chi connectivity index (χ2v) is 9.08. The molecule has 0 radical (unpaired) electrons. The summed E-state index contributed by atoms with van der Waals surface area (Å²) in [5, 5.41) is 15.0. The molecule has 0 saturated carbocycles. The largest absolute Gasteiger partial charge is 0.495 e. The summed E-state index contributed by atoms with van der Waals surface area (Å²) in [5.41, 5.74) is 1.55. The molecule has 2 aromatic carbocycles. The average Bonchev–Trinajstić information content (AvgIpc) is 3.09. The number of aliphatic hydroxyl groups excluding tert-OH is 1. The molecule has 166 valence electrons. The first-order valence-electron chi connectivity index (χ1n) is 10.3. The SMILES string of the molecule is COc1ccc(-c2nc(Cc3cccc(OC(C)C)c3)n(CC(C)(C)CO)n2)cc1Cl. The lowest BCUT2D eigenvalue weighted by Crippen LogP contribution is -2.25. The van der Waals surface area contributed by atoms with Crippen LogP contribution in [0.4, 0.5) is 0 Å². The van der Waals surface area contributed by atoms with E-state index in [4.69, 9.17) is 31.2 Å². The smallest absolute Gasteiger partial charge is 0.181 e. The summed E-state index contributed by atoms with van der Waals surface area (Å²) in [5.74, 6) is 2.83. The average molecular weight is 444 g/mol. The Labute approximate surface area is 188 Å². The van der Waals surface area contributed by atoms with E-state index in [1.807, 2.05) is 68.8 Å². The number of nitrogens with zero attached hydrogens (tertiary/aromatic N) is 3. The molecule has 6 nitrogen and oxygen atoms in total. The number of hydrogen-bond donors (Lipinski definition) is 1. The summed E-state index contributed by atoms with van der Waals surface area (Å²) in [7, 11) is 1.58. The molecule has 0 aliphatic heterocycles. The molecule has 0 amide bonds. The molecule has 0 aliphatic rings. The van der Waals surface area contributed by atoms with Gasteiger partial charge in [-0.1, -0.05) is 37.6 Å². The van der Waals surface area contributed by atoms with Gasteiger partial charge in [0, 0.05) is 24.0 Å². The van der Waals surface area contributed by atoms with E-state index in [0.29, 0.717) is 29.6 Å². The lowest BCUT2D eigenvalue weighted by Gasteiger charge is -2.22. The summed E-state index contributed by atoms with van der Waals surface area (Å²) in [6.07, 6.45) is 0.698. The molecule has 0 saturated heterocycles. The Morgan fingerprint density at radius 1 is 1.16 bits per heavy atom. The van der Waals surface area contributed by atoms with E-state index < -0.39 is 0 Å². The van der Waals surface area contributed by atoms with Crippen molar-refractivity contribution in [2.45, 2.75) is 46.8 Å². The first-order chi connectivity index (χ1) is 14.7. The first-order valence-corrected chi connectivity index (χ1v) is 10.7. The van der Waals surface area contributed by atoms with Gasteiger partial charge in [-0.3, -0.25) is 0 Å². The van der Waals surface area contributed by atoms with Crippen LogP contribution in [-0.2, 0) is 13.0 Å². The van der Waals surface area contributed by atoms with Crippen molar-refractivity contribution in [1.29, 1.82) is 0 Å². The fourth-order valence-electron chi connectivity index (χ4n) is 3.20. The molecule has 0 unspecified atom stereocenters. The van der Waals surface area contributed by atoms with Gasteiger partial charge in [0.15, 0.2) is 5.82 Å². The lowest BCUT2D eigenvalue weighted by molar-refractivity contribution is 0.135. The second-order valence-electron chi connectivity index (χ2n) is 8.67. The fourth-order valence-corrected chi connectivity index (χ4v) is 3.46. The Bertz CT molecular complexity index is 1030. The van der Waals surface area contributed by atoms with E-state index in [2.05, 4.69) is 0 Å². The van der Waals surface area contributed by atoms with E-state index in [1.54, 1.807) is 13.2 Å². The number of halogens is 1. The summed E-state index contributed by atoms with van der Waals surface area (Å²) < 4.78 is 12.9. The second kappa shape index (κ2) is 9.71. The normalized spacial score (nSPS) is 11.7. The van der Waals surface area contributed by atoms with Gasteiger partial charge in [0.25, 0.3) is 0 Å².